The third-order valence-corrected chi connectivity index (χ3v) is 8.74. The summed E-state index contributed by atoms with van der Waals surface area (Å²) in [4.78, 5) is 40.7. The van der Waals surface area contributed by atoms with Crippen LogP contribution in [-0.4, -0.2) is 83.2 Å². The lowest BCUT2D eigenvalue weighted by atomic mass is 9.57. The quantitative estimate of drug-likeness (QED) is 0.212. The first kappa shape index (κ1) is 29.8. The number of fused-ring (bicyclic) bond motifs is 3. The molecule has 4 atom stereocenters. The van der Waals surface area contributed by atoms with E-state index >= 15 is 0 Å². The van der Waals surface area contributed by atoms with Crippen LogP contribution in [0.4, 0.5) is 5.69 Å². The average Bonchev–Trinajstić information content (AvgIpc) is 2.90. The normalized spacial score (nSPS) is 25.0. The van der Waals surface area contributed by atoms with Crippen LogP contribution in [0.15, 0.2) is 53.3 Å². The van der Waals surface area contributed by atoms with Crippen molar-refractivity contribution >= 4 is 38.9 Å². The Morgan fingerprint density at radius 2 is 1.72 bits per heavy atom. The van der Waals surface area contributed by atoms with Crippen LogP contribution in [0.2, 0.25) is 0 Å². The number of phenols is 1. The number of benzene rings is 2. The summed E-state index contributed by atoms with van der Waals surface area (Å²) in [5, 5.41) is 44.7. The van der Waals surface area contributed by atoms with Crippen LogP contribution in [0.3, 0.4) is 0 Å². The summed E-state index contributed by atoms with van der Waals surface area (Å²) in [5.74, 6) is -1.25. The van der Waals surface area contributed by atoms with E-state index in [0.717, 1.165) is 6.26 Å². The monoisotopic (exact) mass is 607 g/mol. The molecule has 4 unspecified atom stereocenters. The van der Waals surface area contributed by atoms with Crippen molar-refractivity contribution in [1.29, 1.82) is 0 Å². The molecule has 1 fully saturated rings. The largest absolute Gasteiger partial charge is 0.508 e. The predicted molar refractivity (Wildman–Crippen MR) is 155 cm³/mol. The first-order valence-electron chi connectivity index (χ1n) is 13.2. The Morgan fingerprint density at radius 1 is 1.07 bits per heavy atom. The van der Waals surface area contributed by atoms with E-state index in [4.69, 9.17) is 5.73 Å². The van der Waals surface area contributed by atoms with Gasteiger partial charge in [0.1, 0.15) is 22.8 Å². The number of carbonyl (C=O) groups excluding carboxylic acids is 3. The molecule has 0 saturated heterocycles. The topological polar surface area (TPSA) is 208 Å². The van der Waals surface area contributed by atoms with Crippen LogP contribution in [-0.2, 0) is 30.8 Å². The highest BCUT2D eigenvalue weighted by atomic mass is 32.2. The zero-order valence-corrected chi connectivity index (χ0v) is 24.2. The SMILES string of the molecule is CN(C)C1C(=O)C(C(N)=O)=C(O)C2(O)C(=O)C3=C(O)c4c(O)ccc(C#Cc5ccc(NS(C)(=O)=O)cc5)c4CC3CC12. The van der Waals surface area contributed by atoms with Crippen molar-refractivity contribution in [2.24, 2.45) is 17.6 Å². The molecule has 3 aliphatic carbocycles. The van der Waals surface area contributed by atoms with Gasteiger partial charge in [0.15, 0.2) is 11.4 Å². The molecule has 0 bridgehead atoms. The third kappa shape index (κ3) is 4.83. The number of likely N-dealkylation sites (N-methyl/N-ethyl adjacent to an activating group) is 1. The maximum atomic E-state index is 13.9. The molecule has 2 aromatic rings. The molecule has 3 aliphatic rings. The Balaban J connectivity index is 1.60. The fourth-order valence-electron chi connectivity index (χ4n) is 6.34. The van der Waals surface area contributed by atoms with Crippen molar-refractivity contribution in [1.82, 2.24) is 4.90 Å². The Bertz CT molecular complexity index is 1830. The van der Waals surface area contributed by atoms with Crippen molar-refractivity contribution in [3.8, 4) is 17.6 Å². The number of anilines is 1. The van der Waals surface area contributed by atoms with Crippen molar-refractivity contribution in [2.75, 3.05) is 25.1 Å². The second-order valence-electron chi connectivity index (χ2n) is 11.1. The number of ketones is 2. The summed E-state index contributed by atoms with van der Waals surface area (Å²) >= 11 is 0. The summed E-state index contributed by atoms with van der Waals surface area (Å²) in [6, 6.07) is 8.01. The van der Waals surface area contributed by atoms with Crippen molar-refractivity contribution in [3.05, 3.63) is 75.6 Å². The maximum absolute atomic E-state index is 13.9. The zero-order chi connectivity index (χ0) is 31.6. The molecule has 1 amide bonds. The van der Waals surface area contributed by atoms with Crippen LogP contribution in [0.1, 0.15) is 28.7 Å². The molecule has 7 N–H and O–H groups in total. The van der Waals surface area contributed by atoms with Gasteiger partial charge in [-0.25, -0.2) is 8.42 Å². The lowest BCUT2D eigenvalue weighted by molar-refractivity contribution is -0.153. The highest BCUT2D eigenvalue weighted by molar-refractivity contribution is 7.92. The summed E-state index contributed by atoms with van der Waals surface area (Å²) in [6.45, 7) is 0. The van der Waals surface area contributed by atoms with Crippen LogP contribution in [0.5, 0.6) is 5.75 Å². The molecule has 0 aliphatic heterocycles. The highest BCUT2D eigenvalue weighted by Crippen LogP contribution is 2.52. The number of aromatic hydroxyl groups is 1. The Labute approximate surface area is 247 Å². The van der Waals surface area contributed by atoms with E-state index in [9.17, 15) is 43.2 Å². The summed E-state index contributed by atoms with van der Waals surface area (Å²) in [6.07, 6.45) is 1.10. The minimum Gasteiger partial charge on any atom is -0.508 e. The van der Waals surface area contributed by atoms with Crippen molar-refractivity contribution < 1.29 is 43.2 Å². The molecule has 12 nitrogen and oxygen atoms in total. The summed E-state index contributed by atoms with van der Waals surface area (Å²) in [7, 11) is -0.385. The number of aliphatic hydroxyl groups excluding tert-OH is 2. The van der Waals surface area contributed by atoms with E-state index < -0.39 is 68.1 Å². The number of primary amides is 1. The number of hydrogen-bond acceptors (Lipinski definition) is 10. The number of rotatable bonds is 4. The number of amides is 1. The lowest BCUT2D eigenvalue weighted by Crippen LogP contribution is -2.65. The number of nitrogens with zero attached hydrogens (tertiary/aromatic N) is 1. The molecule has 224 valence electrons. The average molecular weight is 608 g/mol. The lowest BCUT2D eigenvalue weighted by Gasteiger charge is -2.50. The van der Waals surface area contributed by atoms with Gasteiger partial charge in [-0.3, -0.25) is 24.0 Å². The van der Waals surface area contributed by atoms with E-state index in [2.05, 4.69) is 16.6 Å². The molecule has 2 aromatic carbocycles. The van der Waals surface area contributed by atoms with Crippen LogP contribution >= 0.6 is 0 Å². The van der Waals surface area contributed by atoms with E-state index in [-0.39, 0.29) is 29.7 Å². The van der Waals surface area contributed by atoms with Gasteiger partial charge >= 0.3 is 0 Å². The number of Topliss-reactive ketones (excluding diaryl/α,β-unsaturated/α-hetero) is 2. The van der Waals surface area contributed by atoms with Gasteiger partial charge in [-0.1, -0.05) is 11.8 Å². The smallest absolute Gasteiger partial charge is 0.255 e. The number of nitrogens with two attached hydrogens (primary N) is 1. The number of aliphatic hydroxyl groups is 3. The first-order chi connectivity index (χ1) is 20.1. The van der Waals surface area contributed by atoms with Gasteiger partial charge < -0.3 is 26.2 Å². The molecule has 1 saturated carbocycles. The van der Waals surface area contributed by atoms with E-state index in [1.807, 2.05) is 0 Å². The van der Waals surface area contributed by atoms with E-state index in [0.29, 0.717) is 22.4 Å². The fourth-order valence-corrected chi connectivity index (χ4v) is 6.90. The molecule has 0 aromatic heterocycles. The van der Waals surface area contributed by atoms with Gasteiger partial charge in [0, 0.05) is 28.3 Å². The molecule has 13 heteroatoms. The van der Waals surface area contributed by atoms with E-state index in [1.54, 1.807) is 30.3 Å². The minimum absolute atomic E-state index is 0.0386. The first-order valence-corrected chi connectivity index (χ1v) is 15.0. The second kappa shape index (κ2) is 10.3. The Morgan fingerprint density at radius 3 is 2.30 bits per heavy atom. The number of hydrogen-bond donors (Lipinski definition) is 6. The van der Waals surface area contributed by atoms with Gasteiger partial charge in [-0.05, 0) is 74.8 Å². The summed E-state index contributed by atoms with van der Waals surface area (Å²) < 4.78 is 25.3. The third-order valence-electron chi connectivity index (χ3n) is 8.13. The zero-order valence-electron chi connectivity index (χ0n) is 23.4. The molecule has 0 heterocycles. The maximum Gasteiger partial charge on any atom is 0.255 e. The Hall–Kier alpha value is -4.64. The Kier molecular flexibility index (Phi) is 7.12. The molecule has 0 spiro atoms. The number of carbonyl (C=O) groups is 3. The van der Waals surface area contributed by atoms with Gasteiger partial charge in [-0.2, -0.15) is 0 Å². The van der Waals surface area contributed by atoms with Gasteiger partial charge in [-0.15, -0.1) is 0 Å². The van der Waals surface area contributed by atoms with Crippen LogP contribution in [0, 0.1) is 23.7 Å². The standard InChI is InChI=1S/C30H29N3O9S/c1-33(2)24-19-13-16-12-18-15(7-4-14-5-9-17(10-6-14)32-43(3,41)42)8-11-20(34)22(18)25(35)21(16)27(37)30(19,40)28(38)23(26(24)36)29(31)39/h5-6,8-11,16,19,24,32,34-35,38,40H,12-13H2,1-3H3,(H2,31,39). The van der Waals surface area contributed by atoms with Crippen molar-refractivity contribution in [2.45, 2.75) is 24.5 Å². The minimum atomic E-state index is -3.45. The second-order valence-corrected chi connectivity index (χ2v) is 12.9. The van der Waals surface area contributed by atoms with Gasteiger partial charge in [0.05, 0.1) is 17.9 Å². The molecular weight excluding hydrogens is 578 g/mol. The number of sulfonamides is 1. The highest BCUT2D eigenvalue weighted by Gasteiger charge is 2.64. The fraction of sp³-hybridized carbons (Fsp3) is 0.300. The molecule has 0 radical (unpaired) electrons. The van der Waals surface area contributed by atoms with E-state index in [1.165, 1.54) is 25.1 Å². The van der Waals surface area contributed by atoms with Gasteiger partial charge in [0.2, 0.25) is 15.8 Å². The van der Waals surface area contributed by atoms with Gasteiger partial charge in [0.25, 0.3) is 5.91 Å². The van der Waals surface area contributed by atoms with Crippen molar-refractivity contribution in [3.63, 3.8) is 0 Å². The number of nitrogens with one attached hydrogen (secondary N) is 1. The predicted octanol–water partition coefficient (Wildman–Crippen LogP) is 0.735. The number of phenolic OH excluding ortho intramolecular Hbond substituents is 1. The van der Waals surface area contributed by atoms with Crippen LogP contribution in [0.25, 0.3) is 5.76 Å². The molecule has 43 heavy (non-hydrogen) atoms. The summed E-state index contributed by atoms with van der Waals surface area (Å²) in [5.41, 5.74) is 3.24. The van der Waals surface area contributed by atoms with Crippen LogP contribution < -0.4 is 10.5 Å². The molecule has 5 rings (SSSR count). The molecular formula is C30H29N3O9S.